The summed E-state index contributed by atoms with van der Waals surface area (Å²) >= 11 is 0. The van der Waals surface area contributed by atoms with Crippen molar-refractivity contribution in [1.82, 2.24) is 15.2 Å². The first kappa shape index (κ1) is 11.6. The summed E-state index contributed by atoms with van der Waals surface area (Å²) < 4.78 is 0. The zero-order valence-electron chi connectivity index (χ0n) is 10.7. The highest BCUT2D eigenvalue weighted by Crippen LogP contribution is 2.23. The van der Waals surface area contributed by atoms with Crippen LogP contribution >= 0.6 is 0 Å². The van der Waals surface area contributed by atoms with Crippen LogP contribution in [-0.4, -0.2) is 15.2 Å². The molecule has 0 saturated heterocycles. The third-order valence-corrected chi connectivity index (χ3v) is 3.16. The van der Waals surface area contributed by atoms with Gasteiger partial charge >= 0.3 is 0 Å². The van der Waals surface area contributed by atoms with Gasteiger partial charge in [-0.1, -0.05) is 17.7 Å². The molecule has 19 heavy (non-hydrogen) atoms. The number of benzene rings is 1. The number of hydrogen-bond donors (Lipinski definition) is 1. The third kappa shape index (κ3) is 2.25. The lowest BCUT2D eigenvalue weighted by Gasteiger charge is -2.07. The van der Waals surface area contributed by atoms with Crippen LogP contribution in [0.3, 0.4) is 0 Å². The molecule has 0 bridgehead atoms. The van der Waals surface area contributed by atoms with Crippen LogP contribution in [0.4, 0.5) is 5.82 Å². The number of nitrogens with two attached hydrogens (primary N) is 1. The summed E-state index contributed by atoms with van der Waals surface area (Å²) in [5.41, 5.74) is 9.18. The van der Waals surface area contributed by atoms with Gasteiger partial charge in [0.25, 0.3) is 0 Å². The van der Waals surface area contributed by atoms with Gasteiger partial charge in [0.1, 0.15) is 0 Å². The predicted octanol–water partition coefficient (Wildman–Crippen LogP) is 2.51. The Kier molecular flexibility index (Phi) is 2.83. The van der Waals surface area contributed by atoms with Crippen LogP contribution in [0.1, 0.15) is 16.8 Å². The second kappa shape index (κ2) is 4.65. The Morgan fingerprint density at radius 2 is 1.79 bits per heavy atom. The van der Waals surface area contributed by atoms with Crippen molar-refractivity contribution in [3.05, 3.63) is 59.5 Å². The number of aryl methyl sites for hydroxylation is 1. The molecule has 0 aliphatic heterocycles. The van der Waals surface area contributed by atoms with Crippen LogP contribution in [0.25, 0.3) is 10.8 Å². The SMILES string of the molecule is Cc1ccc2c(Cc3ccncc3)nnc(N)c2c1. The molecule has 1 aromatic carbocycles. The maximum Gasteiger partial charge on any atom is 0.154 e. The first-order chi connectivity index (χ1) is 9.24. The van der Waals surface area contributed by atoms with E-state index in [-0.39, 0.29) is 0 Å². The molecule has 2 aromatic heterocycles. The predicted molar refractivity (Wildman–Crippen MR) is 75.7 cm³/mol. The van der Waals surface area contributed by atoms with E-state index >= 15 is 0 Å². The highest BCUT2D eigenvalue weighted by atomic mass is 15.1. The van der Waals surface area contributed by atoms with E-state index in [2.05, 4.69) is 33.4 Å². The Bertz CT molecular complexity index is 723. The Balaban J connectivity index is 2.12. The van der Waals surface area contributed by atoms with Gasteiger partial charge in [-0.2, -0.15) is 5.10 Å². The number of nitrogens with zero attached hydrogens (tertiary/aromatic N) is 3. The number of nitrogen functional groups attached to an aromatic ring is 1. The summed E-state index contributed by atoms with van der Waals surface area (Å²) in [5, 5.41) is 10.3. The second-order valence-electron chi connectivity index (χ2n) is 4.61. The van der Waals surface area contributed by atoms with Gasteiger partial charge < -0.3 is 5.73 Å². The fraction of sp³-hybridized carbons (Fsp3) is 0.133. The maximum absolute atomic E-state index is 5.90. The Hall–Kier alpha value is -2.49. The van der Waals surface area contributed by atoms with E-state index in [1.807, 2.05) is 19.1 Å². The molecule has 0 spiro atoms. The van der Waals surface area contributed by atoms with Crippen LogP contribution in [0.2, 0.25) is 0 Å². The summed E-state index contributed by atoms with van der Waals surface area (Å²) in [6, 6.07) is 10.2. The van der Waals surface area contributed by atoms with Gasteiger partial charge in [-0.25, -0.2) is 0 Å². The van der Waals surface area contributed by atoms with Crippen molar-refractivity contribution in [2.45, 2.75) is 13.3 Å². The van der Waals surface area contributed by atoms with Gasteiger partial charge in [0, 0.05) is 29.6 Å². The van der Waals surface area contributed by atoms with Crippen molar-refractivity contribution < 1.29 is 0 Å². The van der Waals surface area contributed by atoms with Gasteiger partial charge in [-0.3, -0.25) is 4.98 Å². The molecule has 3 rings (SSSR count). The second-order valence-corrected chi connectivity index (χ2v) is 4.61. The summed E-state index contributed by atoms with van der Waals surface area (Å²) in [4.78, 5) is 4.02. The van der Waals surface area contributed by atoms with Crippen LogP contribution in [-0.2, 0) is 6.42 Å². The Morgan fingerprint density at radius 1 is 1.00 bits per heavy atom. The normalized spacial score (nSPS) is 10.8. The van der Waals surface area contributed by atoms with E-state index in [0.717, 1.165) is 28.5 Å². The monoisotopic (exact) mass is 250 g/mol. The fourth-order valence-electron chi connectivity index (χ4n) is 2.17. The standard InChI is InChI=1S/C15H14N4/c1-10-2-3-12-13(8-10)15(16)19-18-14(12)9-11-4-6-17-7-5-11/h2-8H,9H2,1H3,(H2,16,19). The zero-order valence-corrected chi connectivity index (χ0v) is 10.7. The Labute approximate surface area is 111 Å². The largest absolute Gasteiger partial charge is 0.382 e. The van der Waals surface area contributed by atoms with Crippen LogP contribution in [0.5, 0.6) is 0 Å². The minimum Gasteiger partial charge on any atom is -0.382 e. The molecule has 0 fully saturated rings. The molecule has 0 aliphatic carbocycles. The highest BCUT2D eigenvalue weighted by Gasteiger charge is 2.08. The fourth-order valence-corrected chi connectivity index (χ4v) is 2.17. The zero-order chi connectivity index (χ0) is 13.2. The molecule has 4 nitrogen and oxygen atoms in total. The topological polar surface area (TPSA) is 64.7 Å². The van der Waals surface area contributed by atoms with Crippen LogP contribution < -0.4 is 5.73 Å². The van der Waals surface area contributed by atoms with E-state index in [0.29, 0.717) is 5.82 Å². The summed E-state index contributed by atoms with van der Waals surface area (Å²) in [5.74, 6) is 0.483. The van der Waals surface area contributed by atoms with Crippen LogP contribution in [0, 0.1) is 6.92 Å². The number of aromatic nitrogens is 3. The van der Waals surface area contributed by atoms with Crippen molar-refractivity contribution in [3.63, 3.8) is 0 Å². The number of rotatable bonds is 2. The average Bonchev–Trinajstić information content (AvgIpc) is 2.43. The lowest BCUT2D eigenvalue weighted by molar-refractivity contribution is 0.963. The molecule has 2 N–H and O–H groups in total. The first-order valence-corrected chi connectivity index (χ1v) is 6.14. The molecule has 0 atom stereocenters. The molecule has 4 heteroatoms. The number of fused-ring (bicyclic) bond motifs is 1. The van der Waals surface area contributed by atoms with Gasteiger partial charge in [0.2, 0.25) is 0 Å². The smallest absolute Gasteiger partial charge is 0.154 e. The highest BCUT2D eigenvalue weighted by molar-refractivity contribution is 5.92. The molecule has 0 aliphatic rings. The maximum atomic E-state index is 5.90. The molecular weight excluding hydrogens is 236 g/mol. The van der Waals surface area contributed by atoms with Crippen molar-refractivity contribution in [2.24, 2.45) is 0 Å². The van der Waals surface area contributed by atoms with E-state index in [4.69, 9.17) is 5.73 Å². The first-order valence-electron chi connectivity index (χ1n) is 6.14. The van der Waals surface area contributed by atoms with Crippen LogP contribution in [0.15, 0.2) is 42.7 Å². The molecule has 2 heterocycles. The van der Waals surface area contributed by atoms with E-state index in [1.54, 1.807) is 12.4 Å². The lowest BCUT2D eigenvalue weighted by atomic mass is 10.0. The van der Waals surface area contributed by atoms with Gasteiger partial charge in [-0.15, -0.1) is 5.10 Å². The summed E-state index contributed by atoms with van der Waals surface area (Å²) in [6.07, 6.45) is 4.30. The van der Waals surface area contributed by atoms with E-state index < -0.39 is 0 Å². The molecular formula is C15H14N4. The number of hydrogen-bond acceptors (Lipinski definition) is 4. The average molecular weight is 250 g/mol. The van der Waals surface area contributed by atoms with Gasteiger partial charge in [0.15, 0.2) is 5.82 Å². The van der Waals surface area contributed by atoms with Gasteiger partial charge in [-0.05, 0) is 30.7 Å². The molecule has 3 aromatic rings. The summed E-state index contributed by atoms with van der Waals surface area (Å²) in [7, 11) is 0. The van der Waals surface area contributed by atoms with E-state index in [9.17, 15) is 0 Å². The van der Waals surface area contributed by atoms with Crippen molar-refractivity contribution in [1.29, 1.82) is 0 Å². The Morgan fingerprint density at radius 3 is 2.58 bits per heavy atom. The third-order valence-electron chi connectivity index (χ3n) is 3.16. The molecule has 0 unspecified atom stereocenters. The molecule has 0 amide bonds. The summed E-state index contributed by atoms with van der Waals surface area (Å²) in [6.45, 7) is 2.04. The van der Waals surface area contributed by atoms with Gasteiger partial charge in [0.05, 0.1) is 5.69 Å². The van der Waals surface area contributed by atoms with Crippen molar-refractivity contribution in [3.8, 4) is 0 Å². The number of pyridine rings is 1. The minimum atomic E-state index is 0.483. The quantitative estimate of drug-likeness (QED) is 0.759. The van der Waals surface area contributed by atoms with Crippen molar-refractivity contribution >= 4 is 16.6 Å². The molecule has 0 saturated carbocycles. The minimum absolute atomic E-state index is 0.483. The number of anilines is 1. The molecule has 94 valence electrons. The molecule has 0 radical (unpaired) electrons. The lowest BCUT2D eigenvalue weighted by Crippen LogP contribution is -2.01. The van der Waals surface area contributed by atoms with E-state index in [1.165, 1.54) is 5.56 Å². The van der Waals surface area contributed by atoms with Crippen molar-refractivity contribution in [2.75, 3.05) is 5.73 Å².